The third kappa shape index (κ3) is 4.63. The lowest BCUT2D eigenvalue weighted by Gasteiger charge is -2.28. The molecule has 0 aromatic heterocycles. The minimum absolute atomic E-state index is 0.149. The summed E-state index contributed by atoms with van der Waals surface area (Å²) in [7, 11) is 0. The van der Waals surface area contributed by atoms with Crippen LogP contribution in [0, 0.1) is 30.6 Å². The van der Waals surface area contributed by atoms with Gasteiger partial charge in [-0.05, 0) is 101 Å². The molecule has 6 rings (SSSR count). The molecule has 0 spiro atoms. The Hall–Kier alpha value is -3.49. The van der Waals surface area contributed by atoms with Crippen LogP contribution in [0.15, 0.2) is 71.2 Å². The largest absolute Gasteiger partial charge is 0.452 e. The van der Waals surface area contributed by atoms with E-state index in [1.165, 1.54) is 22.6 Å². The Kier molecular flexibility index (Phi) is 7.00. The summed E-state index contributed by atoms with van der Waals surface area (Å²) in [5.74, 6) is -1.41. The van der Waals surface area contributed by atoms with E-state index in [0.29, 0.717) is 26.8 Å². The Morgan fingerprint density at radius 1 is 1.00 bits per heavy atom. The number of halogens is 2. The Bertz CT molecular complexity index is 1530. The van der Waals surface area contributed by atoms with E-state index in [-0.39, 0.29) is 41.0 Å². The van der Waals surface area contributed by atoms with Crippen molar-refractivity contribution < 1.29 is 23.9 Å². The summed E-state index contributed by atoms with van der Waals surface area (Å²) in [5.41, 5.74) is 3.21. The predicted octanol–water partition coefficient (Wildman–Crippen LogP) is 6.14. The van der Waals surface area contributed by atoms with E-state index >= 15 is 0 Å². The predicted molar refractivity (Wildman–Crippen MR) is 154 cm³/mol. The van der Waals surface area contributed by atoms with Crippen LogP contribution in [-0.4, -0.2) is 30.3 Å². The highest BCUT2D eigenvalue weighted by molar-refractivity contribution is 9.10. The van der Waals surface area contributed by atoms with E-state index in [1.807, 2.05) is 25.1 Å². The molecular formula is C31H26BrClN2O5. The lowest BCUT2D eigenvalue weighted by atomic mass is 9.73. The molecule has 1 heterocycles. The van der Waals surface area contributed by atoms with Crippen molar-refractivity contribution in [2.24, 2.45) is 23.7 Å². The highest BCUT2D eigenvalue weighted by Crippen LogP contribution is 2.61. The van der Waals surface area contributed by atoms with Crippen molar-refractivity contribution in [2.75, 3.05) is 16.8 Å². The number of ether oxygens (including phenoxy) is 1. The van der Waals surface area contributed by atoms with Crippen molar-refractivity contribution in [3.63, 3.8) is 0 Å². The first-order valence-corrected chi connectivity index (χ1v) is 14.4. The number of esters is 1. The van der Waals surface area contributed by atoms with Crippen LogP contribution < -0.4 is 10.2 Å². The number of nitrogens with zero attached hydrogens (tertiary/aromatic N) is 1. The molecule has 3 aliphatic rings. The molecule has 1 saturated heterocycles. The normalized spacial score (nSPS) is 24.8. The van der Waals surface area contributed by atoms with Gasteiger partial charge in [-0.3, -0.25) is 19.3 Å². The Balaban J connectivity index is 1.09. The quantitative estimate of drug-likeness (QED) is 0.264. The summed E-state index contributed by atoms with van der Waals surface area (Å²) in [5, 5.41) is 3.13. The van der Waals surface area contributed by atoms with Gasteiger partial charge >= 0.3 is 5.97 Å². The summed E-state index contributed by atoms with van der Waals surface area (Å²) >= 11 is 9.43. The number of aryl methyl sites for hydroxylation is 1. The third-order valence-electron chi connectivity index (χ3n) is 8.48. The van der Waals surface area contributed by atoms with Gasteiger partial charge in [-0.2, -0.15) is 0 Å². The van der Waals surface area contributed by atoms with Crippen LogP contribution in [0.3, 0.4) is 0 Å². The van der Waals surface area contributed by atoms with Crippen molar-refractivity contribution in [2.45, 2.75) is 25.7 Å². The van der Waals surface area contributed by atoms with E-state index in [9.17, 15) is 19.2 Å². The number of carbonyl (C=O) groups excluding carboxylic acids is 4. The number of rotatable bonds is 6. The molecule has 9 heteroatoms. The van der Waals surface area contributed by atoms with Crippen molar-refractivity contribution in [3.05, 3.63) is 92.9 Å². The van der Waals surface area contributed by atoms with Crippen LogP contribution in [0.25, 0.3) is 0 Å². The number of benzene rings is 3. The highest BCUT2D eigenvalue weighted by Gasteiger charge is 2.64. The lowest BCUT2D eigenvalue weighted by molar-refractivity contribution is -0.123. The van der Waals surface area contributed by atoms with Gasteiger partial charge in [0.2, 0.25) is 11.8 Å². The maximum atomic E-state index is 13.5. The number of fused-ring (bicyclic) bond motifs is 5. The molecule has 3 amide bonds. The van der Waals surface area contributed by atoms with Crippen molar-refractivity contribution in [1.29, 1.82) is 0 Å². The molecule has 2 saturated carbocycles. The van der Waals surface area contributed by atoms with E-state index in [0.717, 1.165) is 18.4 Å². The van der Waals surface area contributed by atoms with Crippen LogP contribution in [0.1, 0.15) is 40.2 Å². The molecule has 40 heavy (non-hydrogen) atoms. The van der Waals surface area contributed by atoms with Gasteiger partial charge in [-0.15, -0.1) is 0 Å². The molecule has 1 N–H and O–H groups in total. The molecule has 3 fully saturated rings. The van der Waals surface area contributed by atoms with Gasteiger partial charge in [0.05, 0.1) is 28.1 Å². The summed E-state index contributed by atoms with van der Waals surface area (Å²) in [6, 6.07) is 19.8. The Labute approximate surface area is 245 Å². The number of carbonyl (C=O) groups is 4. The first-order chi connectivity index (χ1) is 19.2. The van der Waals surface area contributed by atoms with Crippen LogP contribution in [-0.2, 0) is 19.1 Å². The maximum Gasteiger partial charge on any atom is 0.338 e. The molecule has 204 valence electrons. The Morgan fingerprint density at radius 3 is 2.42 bits per heavy atom. The maximum absolute atomic E-state index is 13.5. The fraction of sp³-hybridized carbons (Fsp3) is 0.290. The average Bonchev–Trinajstić information content (AvgIpc) is 3.62. The van der Waals surface area contributed by atoms with E-state index < -0.39 is 18.5 Å². The second-order valence-electron chi connectivity index (χ2n) is 10.7. The zero-order valence-corrected chi connectivity index (χ0v) is 23.9. The number of hydrogen-bond donors (Lipinski definition) is 1. The number of hydrogen-bond acceptors (Lipinski definition) is 5. The molecule has 1 aliphatic heterocycles. The van der Waals surface area contributed by atoms with Gasteiger partial charge in [0.25, 0.3) is 5.91 Å². The summed E-state index contributed by atoms with van der Waals surface area (Å²) in [4.78, 5) is 53.1. The molecule has 2 bridgehead atoms. The zero-order valence-electron chi connectivity index (χ0n) is 21.6. The van der Waals surface area contributed by atoms with Gasteiger partial charge in [-0.25, -0.2) is 4.79 Å². The SMILES string of the molecule is Cc1cc(Br)c(Cl)cc1NC(=O)COC(=O)c1ccc(N2C(=O)[C@@H]3[C@@H]4C[C@@H]([C@@H]3C2=O)[C@@H](c2ccccc2)C4)cc1. The first kappa shape index (κ1) is 26.7. The Morgan fingerprint density at radius 2 is 1.70 bits per heavy atom. The summed E-state index contributed by atoms with van der Waals surface area (Å²) in [6.45, 7) is 1.34. The smallest absolute Gasteiger partial charge is 0.338 e. The molecule has 3 aromatic carbocycles. The summed E-state index contributed by atoms with van der Waals surface area (Å²) < 4.78 is 5.89. The zero-order chi connectivity index (χ0) is 28.1. The van der Waals surface area contributed by atoms with Gasteiger partial charge in [-0.1, -0.05) is 41.9 Å². The molecule has 0 radical (unpaired) electrons. The van der Waals surface area contributed by atoms with Crippen LogP contribution in [0.2, 0.25) is 5.02 Å². The molecule has 2 aliphatic carbocycles. The van der Waals surface area contributed by atoms with Gasteiger partial charge < -0.3 is 10.1 Å². The van der Waals surface area contributed by atoms with Crippen LogP contribution in [0.5, 0.6) is 0 Å². The average molecular weight is 622 g/mol. The molecule has 7 nitrogen and oxygen atoms in total. The molecule has 0 unspecified atom stereocenters. The minimum atomic E-state index is -0.688. The fourth-order valence-electron chi connectivity index (χ4n) is 6.73. The molecule has 3 aromatic rings. The number of amides is 3. The van der Waals surface area contributed by atoms with Gasteiger partial charge in [0.1, 0.15) is 0 Å². The molecule has 5 atom stereocenters. The topological polar surface area (TPSA) is 92.8 Å². The monoisotopic (exact) mass is 620 g/mol. The van der Waals surface area contributed by atoms with E-state index in [4.69, 9.17) is 16.3 Å². The van der Waals surface area contributed by atoms with Crippen molar-refractivity contribution >= 4 is 62.6 Å². The highest BCUT2D eigenvalue weighted by atomic mass is 79.9. The minimum Gasteiger partial charge on any atom is -0.452 e. The molecular weight excluding hydrogens is 596 g/mol. The number of nitrogens with one attached hydrogen (secondary N) is 1. The lowest BCUT2D eigenvalue weighted by Crippen LogP contribution is -2.33. The van der Waals surface area contributed by atoms with Crippen LogP contribution in [0.4, 0.5) is 11.4 Å². The number of anilines is 2. The van der Waals surface area contributed by atoms with Crippen LogP contribution >= 0.6 is 27.5 Å². The fourth-order valence-corrected chi connectivity index (χ4v) is 7.35. The first-order valence-electron chi connectivity index (χ1n) is 13.2. The summed E-state index contributed by atoms with van der Waals surface area (Å²) in [6.07, 6.45) is 1.84. The van der Waals surface area contributed by atoms with Crippen molar-refractivity contribution in [1.82, 2.24) is 0 Å². The van der Waals surface area contributed by atoms with Gasteiger partial charge in [0, 0.05) is 10.2 Å². The standard InChI is InChI=1S/C31H26BrClN2O5/c1-16-11-23(32)24(33)14-25(16)34-26(36)15-40-31(39)18-7-9-20(10-8-18)35-29(37)27-19-12-21(17-5-3-2-4-6-17)22(13-19)28(27)30(35)38/h2-11,14,19,21-22,27-28H,12-13,15H2,1H3,(H,34,36)/t19-,21+,22+,27+,28-/m0/s1. The second-order valence-corrected chi connectivity index (χ2v) is 12.0. The number of imide groups is 1. The second kappa shape index (κ2) is 10.5. The van der Waals surface area contributed by atoms with E-state index in [1.54, 1.807) is 24.3 Å². The van der Waals surface area contributed by atoms with Crippen molar-refractivity contribution in [3.8, 4) is 0 Å². The van der Waals surface area contributed by atoms with Gasteiger partial charge in [0.15, 0.2) is 6.61 Å². The third-order valence-corrected chi connectivity index (χ3v) is 9.68. The van der Waals surface area contributed by atoms with E-state index in [2.05, 4.69) is 33.4 Å².